The summed E-state index contributed by atoms with van der Waals surface area (Å²) in [6.45, 7) is 4.75. The number of hydrogen-bond acceptors (Lipinski definition) is 4. The summed E-state index contributed by atoms with van der Waals surface area (Å²) in [6.07, 6.45) is 0.762. The van der Waals surface area contributed by atoms with Crippen LogP contribution in [0.5, 0.6) is 5.75 Å². The molecule has 4 nitrogen and oxygen atoms in total. The van der Waals surface area contributed by atoms with E-state index in [0.29, 0.717) is 12.5 Å². The van der Waals surface area contributed by atoms with Crippen LogP contribution in [0.3, 0.4) is 0 Å². The second-order valence-corrected chi connectivity index (χ2v) is 5.02. The Hall–Kier alpha value is -1.55. The van der Waals surface area contributed by atoms with Crippen molar-refractivity contribution in [3.05, 3.63) is 29.8 Å². The molecule has 1 unspecified atom stereocenters. The van der Waals surface area contributed by atoms with Gasteiger partial charge in [-0.05, 0) is 30.0 Å². The van der Waals surface area contributed by atoms with Crippen molar-refractivity contribution in [2.45, 2.75) is 26.9 Å². The van der Waals surface area contributed by atoms with E-state index in [1.165, 1.54) is 0 Å². The fourth-order valence-electron chi connectivity index (χ4n) is 1.85. The molecule has 0 aliphatic heterocycles. The number of carbonyl (C=O) groups excluding carboxylic acids is 1. The number of methoxy groups -OCH3 is 1. The summed E-state index contributed by atoms with van der Waals surface area (Å²) in [5.74, 6) is 0.794. The third-order valence-corrected chi connectivity index (χ3v) is 2.91. The number of rotatable bonds is 7. The average molecular weight is 265 g/mol. The molecule has 0 saturated heterocycles. The van der Waals surface area contributed by atoms with Crippen LogP contribution in [0.1, 0.15) is 25.8 Å². The van der Waals surface area contributed by atoms with Crippen LogP contribution in [0.25, 0.3) is 0 Å². The summed E-state index contributed by atoms with van der Waals surface area (Å²) in [5.41, 5.74) is 6.55. The highest BCUT2D eigenvalue weighted by Crippen LogP contribution is 2.15. The first kappa shape index (κ1) is 15.5. The summed E-state index contributed by atoms with van der Waals surface area (Å²) in [5, 5.41) is 0. The first-order valence-electron chi connectivity index (χ1n) is 6.56. The minimum absolute atomic E-state index is 0.210. The highest BCUT2D eigenvalue weighted by Gasteiger charge is 2.19. The van der Waals surface area contributed by atoms with E-state index in [9.17, 15) is 4.79 Å². The predicted molar refractivity (Wildman–Crippen MR) is 74.8 cm³/mol. The largest absolute Gasteiger partial charge is 0.497 e. The molecule has 0 aliphatic rings. The van der Waals surface area contributed by atoms with Gasteiger partial charge in [0, 0.05) is 6.54 Å². The summed E-state index contributed by atoms with van der Waals surface area (Å²) in [4.78, 5) is 11.9. The molecule has 106 valence electrons. The number of esters is 1. The zero-order valence-corrected chi connectivity index (χ0v) is 11.9. The maximum atomic E-state index is 11.9. The molecule has 0 heterocycles. The zero-order chi connectivity index (χ0) is 14.3. The van der Waals surface area contributed by atoms with Gasteiger partial charge < -0.3 is 15.2 Å². The Morgan fingerprint density at radius 2 is 1.89 bits per heavy atom. The summed E-state index contributed by atoms with van der Waals surface area (Å²) in [7, 11) is 1.62. The van der Waals surface area contributed by atoms with Gasteiger partial charge in [0.15, 0.2) is 0 Å². The molecule has 1 atom stereocenters. The highest BCUT2D eigenvalue weighted by molar-refractivity contribution is 5.72. The Bertz CT molecular complexity index is 387. The summed E-state index contributed by atoms with van der Waals surface area (Å²) >= 11 is 0. The minimum Gasteiger partial charge on any atom is -0.497 e. The second-order valence-electron chi connectivity index (χ2n) is 5.02. The Kier molecular flexibility index (Phi) is 6.36. The van der Waals surface area contributed by atoms with Crippen molar-refractivity contribution in [2.24, 2.45) is 17.6 Å². The standard InChI is InChI=1S/C15H23NO3/c1-11(2)8-13(9-16)15(17)19-10-12-4-6-14(18-3)7-5-12/h4-7,11,13H,8-10,16H2,1-3H3. The van der Waals surface area contributed by atoms with Gasteiger partial charge in [-0.2, -0.15) is 0 Å². The molecule has 19 heavy (non-hydrogen) atoms. The van der Waals surface area contributed by atoms with Crippen molar-refractivity contribution in [3.8, 4) is 5.75 Å². The average Bonchev–Trinajstić information content (AvgIpc) is 2.42. The Balaban J connectivity index is 2.47. The molecular formula is C15H23NO3. The van der Waals surface area contributed by atoms with Gasteiger partial charge in [-0.3, -0.25) is 4.79 Å². The molecule has 0 spiro atoms. The van der Waals surface area contributed by atoms with E-state index in [2.05, 4.69) is 13.8 Å². The third-order valence-electron chi connectivity index (χ3n) is 2.91. The van der Waals surface area contributed by atoms with E-state index >= 15 is 0 Å². The maximum absolute atomic E-state index is 11.9. The Labute approximate surface area is 114 Å². The smallest absolute Gasteiger partial charge is 0.310 e. The van der Waals surface area contributed by atoms with E-state index in [4.69, 9.17) is 15.2 Å². The molecule has 1 rings (SSSR count). The number of nitrogens with two attached hydrogens (primary N) is 1. The molecule has 0 radical (unpaired) electrons. The lowest BCUT2D eigenvalue weighted by molar-refractivity contribution is -0.150. The molecule has 0 bridgehead atoms. The van der Waals surface area contributed by atoms with Gasteiger partial charge in [0.05, 0.1) is 13.0 Å². The summed E-state index contributed by atoms with van der Waals surface area (Å²) < 4.78 is 10.4. The molecule has 4 heteroatoms. The molecule has 1 aromatic carbocycles. The van der Waals surface area contributed by atoms with Gasteiger partial charge in [-0.1, -0.05) is 26.0 Å². The van der Waals surface area contributed by atoms with E-state index in [1.54, 1.807) is 7.11 Å². The van der Waals surface area contributed by atoms with Gasteiger partial charge in [0.1, 0.15) is 12.4 Å². The molecule has 0 amide bonds. The van der Waals surface area contributed by atoms with Crippen LogP contribution < -0.4 is 10.5 Å². The van der Waals surface area contributed by atoms with Crippen LogP contribution >= 0.6 is 0 Å². The molecule has 0 aliphatic carbocycles. The zero-order valence-electron chi connectivity index (χ0n) is 11.9. The minimum atomic E-state index is -0.216. The van der Waals surface area contributed by atoms with E-state index < -0.39 is 0 Å². The third kappa shape index (κ3) is 5.30. The lowest BCUT2D eigenvalue weighted by atomic mass is 9.97. The van der Waals surface area contributed by atoms with E-state index in [1.807, 2.05) is 24.3 Å². The molecule has 2 N–H and O–H groups in total. The van der Waals surface area contributed by atoms with Crippen LogP contribution in [0, 0.1) is 11.8 Å². The maximum Gasteiger partial charge on any atom is 0.310 e. The van der Waals surface area contributed by atoms with Gasteiger partial charge in [0.2, 0.25) is 0 Å². The molecule has 1 aromatic rings. The van der Waals surface area contributed by atoms with Gasteiger partial charge in [0.25, 0.3) is 0 Å². The summed E-state index contributed by atoms with van der Waals surface area (Å²) in [6, 6.07) is 7.45. The van der Waals surface area contributed by atoms with E-state index in [-0.39, 0.29) is 18.5 Å². The lowest BCUT2D eigenvalue weighted by Crippen LogP contribution is -2.27. The Morgan fingerprint density at radius 1 is 1.26 bits per heavy atom. The highest BCUT2D eigenvalue weighted by atomic mass is 16.5. The molecular weight excluding hydrogens is 242 g/mol. The predicted octanol–water partition coefficient (Wildman–Crippen LogP) is 2.36. The number of carbonyl (C=O) groups is 1. The monoisotopic (exact) mass is 265 g/mol. The molecule has 0 fully saturated rings. The molecule has 0 aromatic heterocycles. The van der Waals surface area contributed by atoms with Crippen LogP contribution in [-0.4, -0.2) is 19.6 Å². The van der Waals surface area contributed by atoms with Crippen molar-refractivity contribution >= 4 is 5.97 Å². The van der Waals surface area contributed by atoms with Gasteiger partial charge in [-0.15, -0.1) is 0 Å². The van der Waals surface area contributed by atoms with Crippen molar-refractivity contribution in [1.29, 1.82) is 0 Å². The van der Waals surface area contributed by atoms with Gasteiger partial charge >= 0.3 is 5.97 Å². The first-order chi connectivity index (χ1) is 9.06. The number of benzene rings is 1. The first-order valence-corrected chi connectivity index (χ1v) is 6.56. The fraction of sp³-hybridized carbons (Fsp3) is 0.533. The van der Waals surface area contributed by atoms with Crippen molar-refractivity contribution in [1.82, 2.24) is 0 Å². The molecule has 0 saturated carbocycles. The van der Waals surface area contributed by atoms with E-state index in [0.717, 1.165) is 17.7 Å². The van der Waals surface area contributed by atoms with Gasteiger partial charge in [-0.25, -0.2) is 0 Å². The SMILES string of the molecule is COc1ccc(COC(=O)C(CN)CC(C)C)cc1. The topological polar surface area (TPSA) is 61.5 Å². The quantitative estimate of drug-likeness (QED) is 0.769. The van der Waals surface area contributed by atoms with Crippen LogP contribution in [0.4, 0.5) is 0 Å². The second kappa shape index (κ2) is 7.79. The number of ether oxygens (including phenoxy) is 2. The number of hydrogen-bond donors (Lipinski definition) is 1. The van der Waals surface area contributed by atoms with Crippen molar-refractivity contribution in [3.63, 3.8) is 0 Å². The van der Waals surface area contributed by atoms with Crippen molar-refractivity contribution in [2.75, 3.05) is 13.7 Å². The lowest BCUT2D eigenvalue weighted by Gasteiger charge is -2.16. The van der Waals surface area contributed by atoms with Crippen molar-refractivity contribution < 1.29 is 14.3 Å². The van der Waals surface area contributed by atoms with Crippen LogP contribution in [0.2, 0.25) is 0 Å². The fourth-order valence-corrected chi connectivity index (χ4v) is 1.85. The van der Waals surface area contributed by atoms with Crippen LogP contribution in [0.15, 0.2) is 24.3 Å². The Morgan fingerprint density at radius 3 is 2.37 bits per heavy atom. The van der Waals surface area contributed by atoms with Crippen LogP contribution in [-0.2, 0) is 16.1 Å². The normalized spacial score (nSPS) is 12.3.